The number of carbonyl (C=O) groups excluding carboxylic acids is 4. The smallest absolute Gasteiger partial charge is 0.462 e. The summed E-state index contributed by atoms with van der Waals surface area (Å²) in [5.74, 6) is 0.748. The van der Waals surface area contributed by atoms with Gasteiger partial charge in [-0.05, 0) is 49.4 Å². The third-order valence-corrected chi connectivity index (χ3v) is 16.9. The Hall–Kier alpha value is -1.94. The maximum Gasteiger partial charge on any atom is 0.472 e. The molecule has 0 saturated carbocycles. The molecule has 0 aliphatic heterocycles. The Morgan fingerprint density at radius 1 is 0.341 bits per heavy atom. The van der Waals surface area contributed by atoms with Crippen molar-refractivity contribution in [3.63, 3.8) is 0 Å². The van der Waals surface area contributed by atoms with Crippen molar-refractivity contribution in [2.24, 2.45) is 23.7 Å². The van der Waals surface area contributed by atoms with Gasteiger partial charge in [0.2, 0.25) is 0 Å². The highest BCUT2D eigenvalue weighted by atomic mass is 31.2. The molecule has 0 rings (SSSR count). The number of aliphatic hydroxyl groups excluding tert-OH is 1. The molecule has 17 nitrogen and oxygen atoms in total. The van der Waals surface area contributed by atoms with Crippen molar-refractivity contribution >= 4 is 39.5 Å². The quantitative estimate of drug-likeness (QED) is 0.0222. The van der Waals surface area contributed by atoms with Crippen LogP contribution < -0.4 is 0 Å². The molecule has 0 heterocycles. The zero-order valence-corrected chi connectivity index (χ0v) is 54.9. The molecule has 486 valence electrons. The summed E-state index contributed by atoms with van der Waals surface area (Å²) in [5, 5.41) is 10.5. The van der Waals surface area contributed by atoms with Gasteiger partial charge in [0, 0.05) is 25.7 Å². The molecule has 0 amide bonds. The number of rotatable bonds is 60. The van der Waals surface area contributed by atoms with Crippen LogP contribution in [-0.2, 0) is 65.4 Å². The second-order valence-corrected chi connectivity index (χ2v) is 27.1. The summed E-state index contributed by atoms with van der Waals surface area (Å²) in [5.41, 5.74) is 0. The molecule has 82 heavy (non-hydrogen) atoms. The molecule has 0 spiro atoms. The van der Waals surface area contributed by atoms with E-state index in [-0.39, 0.29) is 25.7 Å². The van der Waals surface area contributed by atoms with Gasteiger partial charge < -0.3 is 33.8 Å². The molecule has 0 bridgehead atoms. The second kappa shape index (κ2) is 53.3. The van der Waals surface area contributed by atoms with Crippen molar-refractivity contribution in [1.29, 1.82) is 0 Å². The number of aliphatic hydroxyl groups is 1. The van der Waals surface area contributed by atoms with Crippen LogP contribution in [0.3, 0.4) is 0 Å². The predicted octanol–water partition coefficient (Wildman–Crippen LogP) is 17.0. The highest BCUT2D eigenvalue weighted by Gasteiger charge is 2.30. The van der Waals surface area contributed by atoms with E-state index in [1.807, 2.05) is 0 Å². The van der Waals surface area contributed by atoms with Crippen molar-refractivity contribution in [2.45, 2.75) is 318 Å². The first-order chi connectivity index (χ1) is 39.2. The Balaban J connectivity index is 5.27. The van der Waals surface area contributed by atoms with Crippen LogP contribution in [0.4, 0.5) is 0 Å². The summed E-state index contributed by atoms with van der Waals surface area (Å²) in [6.45, 7) is 13.9. The third kappa shape index (κ3) is 54.7. The summed E-state index contributed by atoms with van der Waals surface area (Å²) < 4.78 is 67.9. The molecule has 5 unspecified atom stereocenters. The Morgan fingerprint density at radius 3 is 0.866 bits per heavy atom. The van der Waals surface area contributed by atoms with E-state index >= 15 is 0 Å². The number of phosphoric acid groups is 2. The lowest BCUT2D eigenvalue weighted by molar-refractivity contribution is -0.161. The Bertz CT molecular complexity index is 1650. The van der Waals surface area contributed by atoms with E-state index in [4.69, 9.17) is 37.0 Å². The summed E-state index contributed by atoms with van der Waals surface area (Å²) in [7, 11) is -9.89. The lowest BCUT2D eigenvalue weighted by Gasteiger charge is -2.21. The molecule has 0 saturated heterocycles. The largest absolute Gasteiger partial charge is 0.472 e. The fraction of sp³-hybridized carbons (Fsp3) is 0.937. The van der Waals surface area contributed by atoms with Crippen LogP contribution >= 0.6 is 15.6 Å². The number of carbonyl (C=O) groups is 4. The molecule has 3 N–H and O–H groups in total. The number of hydrogen-bond donors (Lipinski definition) is 3. The van der Waals surface area contributed by atoms with Crippen LogP contribution in [0.25, 0.3) is 0 Å². The zero-order valence-electron chi connectivity index (χ0n) is 53.1. The van der Waals surface area contributed by atoms with Gasteiger partial charge in [0.15, 0.2) is 12.2 Å². The SMILES string of the molecule is CCC(C)CCCCCCCCC(=O)OC[C@H](COP(=O)(O)OCC(O)COP(=O)(O)OC[C@@H](COC(=O)CCCCCCCCCC(C)C)OC(=O)CCCCCCCCCCCC(C)C)OC(=O)CCCCCCCCC(C)CC. The molecule has 7 atom stereocenters. The average Bonchev–Trinajstić information content (AvgIpc) is 3.44. The molecule has 0 fully saturated rings. The Kier molecular flexibility index (Phi) is 52.0. The normalized spacial score (nSPS) is 15.1. The van der Waals surface area contributed by atoms with Gasteiger partial charge >= 0.3 is 39.5 Å². The van der Waals surface area contributed by atoms with E-state index in [1.54, 1.807) is 0 Å². The van der Waals surface area contributed by atoms with E-state index in [0.29, 0.717) is 31.6 Å². The maximum atomic E-state index is 13.0. The predicted molar refractivity (Wildman–Crippen MR) is 326 cm³/mol. The van der Waals surface area contributed by atoms with E-state index in [0.717, 1.165) is 120 Å². The molecule has 0 aliphatic rings. The first-order valence-electron chi connectivity index (χ1n) is 32.8. The number of esters is 4. The average molecular weight is 1210 g/mol. The van der Waals surface area contributed by atoms with E-state index in [9.17, 15) is 43.2 Å². The Labute approximate surface area is 498 Å². The fourth-order valence-corrected chi connectivity index (χ4v) is 10.8. The van der Waals surface area contributed by atoms with Crippen molar-refractivity contribution in [3.05, 3.63) is 0 Å². The van der Waals surface area contributed by atoms with Gasteiger partial charge in [0.1, 0.15) is 19.3 Å². The van der Waals surface area contributed by atoms with Gasteiger partial charge in [0.05, 0.1) is 26.4 Å². The van der Waals surface area contributed by atoms with Gasteiger partial charge in [-0.2, -0.15) is 0 Å². The lowest BCUT2D eigenvalue weighted by atomic mass is 10.00. The number of phosphoric ester groups is 2. The van der Waals surface area contributed by atoms with Crippen molar-refractivity contribution in [2.75, 3.05) is 39.6 Å². The van der Waals surface area contributed by atoms with Crippen LogP contribution in [0.5, 0.6) is 0 Å². The fourth-order valence-electron chi connectivity index (χ4n) is 9.19. The topological polar surface area (TPSA) is 237 Å². The van der Waals surface area contributed by atoms with Gasteiger partial charge in [-0.1, -0.05) is 248 Å². The van der Waals surface area contributed by atoms with Crippen molar-refractivity contribution in [1.82, 2.24) is 0 Å². The molecule has 0 aromatic heterocycles. The van der Waals surface area contributed by atoms with Crippen LogP contribution in [0.15, 0.2) is 0 Å². The molecule has 0 aromatic carbocycles. The monoisotopic (exact) mass is 1210 g/mol. The van der Waals surface area contributed by atoms with Gasteiger partial charge in [-0.15, -0.1) is 0 Å². The standard InChI is InChI=1S/C63H122O17P2/c1-9-55(7)41-33-25-19-21-28-36-44-61(66)74-50-59(80-63(68)46-38-30-22-20-26-34-42-56(8)10-2)52-78-82(71,72)76-48-57(64)47-75-81(69,70)77-51-58(49-73-60(65)43-35-27-18-14-16-24-32-40-54(5)6)79-62(67)45-37-29-17-13-11-12-15-23-31-39-53(3)4/h53-59,64H,9-52H2,1-8H3,(H,69,70)(H,71,72)/t55?,56?,57?,58-,59-/m1/s1. The minimum Gasteiger partial charge on any atom is -0.462 e. The highest BCUT2D eigenvalue weighted by molar-refractivity contribution is 7.47. The summed E-state index contributed by atoms with van der Waals surface area (Å²) >= 11 is 0. The molecule has 0 radical (unpaired) electrons. The second-order valence-electron chi connectivity index (χ2n) is 24.2. The van der Waals surface area contributed by atoms with Crippen molar-refractivity contribution < 1.29 is 80.2 Å². The number of hydrogen-bond acceptors (Lipinski definition) is 15. The van der Waals surface area contributed by atoms with Crippen LogP contribution in [-0.4, -0.2) is 96.7 Å². The molecular formula is C63H122O17P2. The molecule has 0 aliphatic carbocycles. The van der Waals surface area contributed by atoms with E-state index in [2.05, 4.69) is 55.4 Å². The maximum absolute atomic E-state index is 13.0. The highest BCUT2D eigenvalue weighted by Crippen LogP contribution is 2.45. The third-order valence-electron chi connectivity index (χ3n) is 15.0. The van der Waals surface area contributed by atoms with Gasteiger partial charge in [-0.25, -0.2) is 9.13 Å². The molecule has 0 aromatic rings. The number of ether oxygens (including phenoxy) is 4. The first kappa shape index (κ1) is 80.1. The minimum atomic E-state index is -4.94. The summed E-state index contributed by atoms with van der Waals surface area (Å²) in [6, 6.07) is 0. The lowest BCUT2D eigenvalue weighted by Crippen LogP contribution is -2.30. The number of unbranched alkanes of at least 4 members (excludes halogenated alkanes) is 24. The Morgan fingerprint density at radius 2 is 0.585 bits per heavy atom. The van der Waals surface area contributed by atoms with E-state index in [1.165, 1.54) is 89.9 Å². The zero-order chi connectivity index (χ0) is 61.1. The summed E-state index contributed by atoms with van der Waals surface area (Å²) in [6.07, 6.45) is 32.2. The molecule has 19 heteroatoms. The van der Waals surface area contributed by atoms with Crippen molar-refractivity contribution in [3.8, 4) is 0 Å². The summed E-state index contributed by atoms with van der Waals surface area (Å²) in [4.78, 5) is 72.1. The van der Waals surface area contributed by atoms with Crippen LogP contribution in [0.1, 0.15) is 299 Å². The van der Waals surface area contributed by atoms with Gasteiger partial charge in [-0.3, -0.25) is 37.3 Å². The van der Waals surface area contributed by atoms with Crippen LogP contribution in [0, 0.1) is 23.7 Å². The van der Waals surface area contributed by atoms with Gasteiger partial charge in [0.25, 0.3) is 0 Å². The minimum absolute atomic E-state index is 0.101. The first-order valence-corrected chi connectivity index (χ1v) is 35.8. The van der Waals surface area contributed by atoms with E-state index < -0.39 is 97.5 Å². The van der Waals surface area contributed by atoms with Crippen LogP contribution in [0.2, 0.25) is 0 Å². The molecular weight excluding hydrogens is 1090 g/mol.